The number of carbonyl (C=O) groups excluding carboxylic acids is 1. The minimum Gasteiger partial charge on any atom is -0.489 e. The minimum absolute atomic E-state index is 0.203. The Bertz CT molecular complexity index is 1260. The van der Waals surface area contributed by atoms with Crippen molar-refractivity contribution in [2.75, 3.05) is 11.0 Å². The fourth-order valence-electron chi connectivity index (χ4n) is 2.79. The number of hydrogen-bond donors (Lipinski definition) is 1. The molecule has 156 valence electrons. The molecule has 0 saturated heterocycles. The summed E-state index contributed by atoms with van der Waals surface area (Å²) in [6, 6.07) is 22.8. The van der Waals surface area contributed by atoms with Gasteiger partial charge in [-0.2, -0.15) is 5.26 Å². The molecule has 0 spiro atoms. The summed E-state index contributed by atoms with van der Waals surface area (Å²) in [5.41, 5.74) is 3.11. The van der Waals surface area contributed by atoms with Gasteiger partial charge in [-0.05, 0) is 65.7 Å². The Kier molecular flexibility index (Phi) is 6.85. The minimum atomic E-state index is -3.36. The Morgan fingerprint density at radius 1 is 1.06 bits per heavy atom. The zero-order valence-electron chi connectivity index (χ0n) is 16.8. The first-order valence-corrected chi connectivity index (χ1v) is 11.2. The number of rotatable bonds is 8. The van der Waals surface area contributed by atoms with E-state index in [1.54, 1.807) is 30.3 Å². The number of ketones is 1. The third-order valence-corrected chi connectivity index (χ3v) is 4.83. The molecule has 6 nitrogen and oxygen atoms in total. The van der Waals surface area contributed by atoms with Gasteiger partial charge in [0.25, 0.3) is 0 Å². The van der Waals surface area contributed by atoms with Gasteiger partial charge in [0.15, 0.2) is 5.78 Å². The lowest BCUT2D eigenvalue weighted by molar-refractivity contribution is 0.104. The second-order valence-corrected chi connectivity index (χ2v) is 8.57. The highest BCUT2D eigenvalue weighted by atomic mass is 32.2. The van der Waals surface area contributed by atoms with E-state index in [1.165, 1.54) is 18.2 Å². The number of nitrogens with one attached hydrogen (secondary N) is 1. The summed E-state index contributed by atoms with van der Waals surface area (Å²) >= 11 is 0. The number of nitrogens with zero attached hydrogens (tertiary/aromatic N) is 1. The number of allylic oxidation sites excluding steroid dienone is 1. The highest BCUT2D eigenvalue weighted by Gasteiger charge is 2.05. The summed E-state index contributed by atoms with van der Waals surface area (Å²) in [4.78, 5) is 12.4. The quantitative estimate of drug-likeness (QED) is 0.420. The highest BCUT2D eigenvalue weighted by molar-refractivity contribution is 7.92. The number of ether oxygens (including phenoxy) is 1. The molecule has 3 aromatic rings. The van der Waals surface area contributed by atoms with Crippen LogP contribution in [0.25, 0.3) is 6.08 Å². The summed E-state index contributed by atoms with van der Waals surface area (Å²) < 4.78 is 30.6. The summed E-state index contributed by atoms with van der Waals surface area (Å²) in [5.74, 6) is 0.443. The molecule has 0 aliphatic carbocycles. The monoisotopic (exact) mass is 432 g/mol. The zero-order chi connectivity index (χ0) is 22.3. The van der Waals surface area contributed by atoms with Gasteiger partial charge in [0.2, 0.25) is 10.0 Å². The van der Waals surface area contributed by atoms with Crippen LogP contribution in [0.15, 0.2) is 78.9 Å². The summed E-state index contributed by atoms with van der Waals surface area (Å²) in [5, 5.41) is 8.97. The third-order valence-electron chi connectivity index (χ3n) is 4.22. The van der Waals surface area contributed by atoms with Gasteiger partial charge >= 0.3 is 0 Å². The SMILES string of the molecule is CS(=O)(=O)Nc1ccc(C(=O)/C=C/c2cccc(OCc3cccc(C#N)c3)c2)cc1. The lowest BCUT2D eigenvalue weighted by atomic mass is 10.1. The van der Waals surface area contributed by atoms with E-state index in [0.29, 0.717) is 29.2 Å². The highest BCUT2D eigenvalue weighted by Crippen LogP contribution is 2.18. The Hall–Kier alpha value is -3.89. The zero-order valence-corrected chi connectivity index (χ0v) is 17.6. The lowest BCUT2D eigenvalue weighted by Crippen LogP contribution is -2.09. The largest absolute Gasteiger partial charge is 0.489 e. The van der Waals surface area contributed by atoms with Gasteiger partial charge in [0.05, 0.1) is 17.9 Å². The standard InChI is InChI=1S/C24H20N2O4S/c1-31(28,29)26-22-11-9-21(10-12-22)24(27)13-8-18-4-3-7-23(15-18)30-17-20-6-2-5-19(14-20)16-25/h2-15,26H,17H2,1H3/b13-8+. The van der Waals surface area contributed by atoms with E-state index in [0.717, 1.165) is 17.4 Å². The van der Waals surface area contributed by atoms with Crippen molar-refractivity contribution in [2.24, 2.45) is 0 Å². The van der Waals surface area contributed by atoms with Gasteiger partial charge in [-0.15, -0.1) is 0 Å². The summed E-state index contributed by atoms with van der Waals surface area (Å²) in [6.07, 6.45) is 4.21. The first kappa shape index (κ1) is 21.8. The molecule has 0 radical (unpaired) electrons. The number of benzene rings is 3. The Morgan fingerprint density at radius 3 is 2.52 bits per heavy atom. The first-order chi connectivity index (χ1) is 14.8. The topological polar surface area (TPSA) is 96.3 Å². The molecule has 0 aliphatic rings. The van der Waals surface area contributed by atoms with Gasteiger partial charge in [0, 0.05) is 11.3 Å². The molecule has 0 atom stereocenters. The molecule has 1 N–H and O–H groups in total. The fraction of sp³-hybridized carbons (Fsp3) is 0.0833. The van der Waals surface area contributed by atoms with Crippen LogP contribution in [0.2, 0.25) is 0 Å². The summed E-state index contributed by atoms with van der Waals surface area (Å²) in [7, 11) is -3.36. The van der Waals surface area contributed by atoms with Crippen LogP contribution in [-0.4, -0.2) is 20.5 Å². The fourth-order valence-corrected chi connectivity index (χ4v) is 3.35. The van der Waals surface area contributed by atoms with Crippen LogP contribution < -0.4 is 9.46 Å². The van der Waals surface area contributed by atoms with Crippen molar-refractivity contribution in [3.63, 3.8) is 0 Å². The smallest absolute Gasteiger partial charge is 0.229 e. The van der Waals surface area contributed by atoms with Crippen molar-refractivity contribution >= 4 is 27.6 Å². The predicted octanol–water partition coefficient (Wildman–Crippen LogP) is 4.40. The maximum absolute atomic E-state index is 12.4. The normalized spacial score (nSPS) is 11.1. The maximum atomic E-state index is 12.4. The second kappa shape index (κ2) is 9.74. The van der Waals surface area contributed by atoms with Gasteiger partial charge < -0.3 is 4.74 Å². The van der Waals surface area contributed by atoms with E-state index in [9.17, 15) is 13.2 Å². The predicted molar refractivity (Wildman–Crippen MR) is 120 cm³/mol. The maximum Gasteiger partial charge on any atom is 0.229 e. The van der Waals surface area contributed by atoms with Crippen molar-refractivity contribution in [1.29, 1.82) is 5.26 Å². The van der Waals surface area contributed by atoms with Gasteiger partial charge in [-0.3, -0.25) is 9.52 Å². The van der Waals surface area contributed by atoms with Crippen LogP contribution in [0.5, 0.6) is 5.75 Å². The first-order valence-electron chi connectivity index (χ1n) is 9.34. The van der Waals surface area contributed by atoms with E-state index < -0.39 is 10.0 Å². The van der Waals surface area contributed by atoms with Gasteiger partial charge in [-0.1, -0.05) is 30.3 Å². The van der Waals surface area contributed by atoms with E-state index in [1.807, 2.05) is 36.4 Å². The second-order valence-electron chi connectivity index (χ2n) is 6.82. The Balaban J connectivity index is 1.63. The molecule has 0 saturated carbocycles. The van der Waals surface area contributed by atoms with Crippen molar-refractivity contribution in [1.82, 2.24) is 0 Å². The van der Waals surface area contributed by atoms with Crippen molar-refractivity contribution in [3.05, 3.63) is 101 Å². The Labute approximate surface area is 181 Å². The molecule has 3 rings (SSSR count). The van der Waals surface area contributed by atoms with Crippen LogP contribution in [0.4, 0.5) is 5.69 Å². The Morgan fingerprint density at radius 2 is 1.81 bits per heavy atom. The molecule has 0 fully saturated rings. The molecular formula is C24H20N2O4S. The van der Waals surface area contributed by atoms with Crippen molar-refractivity contribution in [2.45, 2.75) is 6.61 Å². The average Bonchev–Trinajstić information content (AvgIpc) is 2.76. The molecule has 0 amide bonds. The molecule has 7 heteroatoms. The third kappa shape index (κ3) is 6.84. The van der Waals surface area contributed by atoms with Gasteiger partial charge in [0.1, 0.15) is 12.4 Å². The molecular weight excluding hydrogens is 412 g/mol. The molecule has 0 bridgehead atoms. The van der Waals surface area contributed by atoms with Crippen LogP contribution >= 0.6 is 0 Å². The number of nitriles is 1. The van der Waals surface area contributed by atoms with Crippen molar-refractivity contribution < 1.29 is 17.9 Å². The van der Waals surface area contributed by atoms with Crippen LogP contribution in [0.1, 0.15) is 27.0 Å². The van der Waals surface area contributed by atoms with Crippen LogP contribution in [0, 0.1) is 11.3 Å². The van der Waals surface area contributed by atoms with E-state index in [-0.39, 0.29) is 5.78 Å². The number of carbonyl (C=O) groups is 1. The number of hydrogen-bond acceptors (Lipinski definition) is 5. The molecule has 0 unspecified atom stereocenters. The molecule has 0 aliphatic heterocycles. The van der Waals surface area contributed by atoms with Gasteiger partial charge in [-0.25, -0.2) is 8.42 Å². The van der Waals surface area contributed by atoms with E-state index in [2.05, 4.69) is 10.8 Å². The lowest BCUT2D eigenvalue weighted by Gasteiger charge is -2.07. The van der Waals surface area contributed by atoms with E-state index in [4.69, 9.17) is 10.00 Å². The summed E-state index contributed by atoms with van der Waals surface area (Å²) in [6.45, 7) is 0.329. The molecule has 31 heavy (non-hydrogen) atoms. The van der Waals surface area contributed by atoms with Crippen LogP contribution in [-0.2, 0) is 16.6 Å². The molecule has 0 heterocycles. The average molecular weight is 433 g/mol. The molecule has 3 aromatic carbocycles. The number of anilines is 1. The van der Waals surface area contributed by atoms with Crippen LogP contribution in [0.3, 0.4) is 0 Å². The molecule has 0 aromatic heterocycles. The van der Waals surface area contributed by atoms with E-state index >= 15 is 0 Å². The van der Waals surface area contributed by atoms with Crippen molar-refractivity contribution in [3.8, 4) is 11.8 Å². The number of sulfonamides is 1.